The highest BCUT2D eigenvalue weighted by Gasteiger charge is 2.20. The van der Waals surface area contributed by atoms with Gasteiger partial charge in [-0.15, -0.1) is 0 Å². The smallest absolute Gasteiger partial charge is 0.303 e. The zero-order valence-electron chi connectivity index (χ0n) is 8.62. The fourth-order valence-corrected chi connectivity index (χ4v) is 1.98. The van der Waals surface area contributed by atoms with Gasteiger partial charge in [-0.3, -0.25) is 10.1 Å². The van der Waals surface area contributed by atoms with E-state index in [9.17, 15) is 4.79 Å². The van der Waals surface area contributed by atoms with E-state index in [0.717, 1.165) is 18.7 Å². The van der Waals surface area contributed by atoms with Gasteiger partial charge >= 0.3 is 5.97 Å². The molecule has 0 amide bonds. The summed E-state index contributed by atoms with van der Waals surface area (Å²) in [5.74, 6) is -0.746. The molecule has 0 bridgehead atoms. The number of hydrogen-bond acceptors (Lipinski definition) is 3. The zero-order valence-corrected chi connectivity index (χ0v) is 8.62. The predicted molar refractivity (Wildman–Crippen MR) is 57.2 cm³/mol. The molecule has 2 heterocycles. The van der Waals surface area contributed by atoms with E-state index in [2.05, 4.69) is 16.7 Å². The SMILES string of the molecule is O=C(O)CCC1=CC=C2CCCNC2N1. The van der Waals surface area contributed by atoms with Gasteiger partial charge in [0.15, 0.2) is 0 Å². The first-order chi connectivity index (χ1) is 7.25. The molecule has 82 valence electrons. The third-order valence-corrected chi connectivity index (χ3v) is 2.80. The van der Waals surface area contributed by atoms with Gasteiger partial charge in [0.1, 0.15) is 0 Å². The van der Waals surface area contributed by atoms with Gasteiger partial charge in [0, 0.05) is 5.70 Å². The quantitative estimate of drug-likeness (QED) is 0.647. The summed E-state index contributed by atoms with van der Waals surface area (Å²) in [6, 6.07) is 0. The van der Waals surface area contributed by atoms with Crippen LogP contribution in [0.1, 0.15) is 25.7 Å². The third-order valence-electron chi connectivity index (χ3n) is 2.80. The number of carboxylic acid groups (broad SMARTS) is 1. The van der Waals surface area contributed by atoms with E-state index in [1.807, 2.05) is 6.08 Å². The van der Waals surface area contributed by atoms with Crippen molar-refractivity contribution in [1.29, 1.82) is 0 Å². The molecule has 0 aromatic rings. The minimum atomic E-state index is -0.746. The Labute approximate surface area is 89.1 Å². The Hall–Kier alpha value is -1.29. The van der Waals surface area contributed by atoms with Gasteiger partial charge in [-0.05, 0) is 37.5 Å². The maximum Gasteiger partial charge on any atom is 0.303 e. The number of carboxylic acids is 1. The van der Waals surface area contributed by atoms with Gasteiger partial charge in [0.2, 0.25) is 0 Å². The summed E-state index contributed by atoms with van der Waals surface area (Å²) in [7, 11) is 0. The van der Waals surface area contributed by atoms with E-state index in [1.54, 1.807) is 0 Å². The van der Waals surface area contributed by atoms with Crippen molar-refractivity contribution in [3.05, 3.63) is 23.4 Å². The summed E-state index contributed by atoms with van der Waals surface area (Å²) in [4.78, 5) is 10.4. The van der Waals surface area contributed by atoms with Gasteiger partial charge in [-0.2, -0.15) is 0 Å². The molecule has 2 aliphatic heterocycles. The van der Waals surface area contributed by atoms with Crippen molar-refractivity contribution in [2.24, 2.45) is 0 Å². The van der Waals surface area contributed by atoms with Gasteiger partial charge in [0.05, 0.1) is 12.6 Å². The largest absolute Gasteiger partial charge is 0.481 e. The normalized spacial score (nSPS) is 24.7. The van der Waals surface area contributed by atoms with Crippen LogP contribution in [0.2, 0.25) is 0 Å². The Bertz CT molecular complexity index is 321. The number of rotatable bonds is 3. The minimum absolute atomic E-state index is 0.189. The van der Waals surface area contributed by atoms with E-state index in [-0.39, 0.29) is 12.6 Å². The molecule has 1 unspecified atom stereocenters. The number of allylic oxidation sites excluding steroid dienone is 3. The molecule has 2 rings (SSSR count). The van der Waals surface area contributed by atoms with Crippen molar-refractivity contribution in [2.75, 3.05) is 6.54 Å². The van der Waals surface area contributed by atoms with E-state index >= 15 is 0 Å². The molecule has 0 aromatic carbocycles. The molecule has 0 saturated carbocycles. The van der Waals surface area contributed by atoms with Crippen LogP contribution in [-0.4, -0.2) is 23.8 Å². The molecule has 1 saturated heterocycles. The van der Waals surface area contributed by atoms with E-state index in [4.69, 9.17) is 5.11 Å². The number of aliphatic carboxylic acids is 1. The van der Waals surface area contributed by atoms with Gasteiger partial charge < -0.3 is 10.4 Å². The summed E-state index contributed by atoms with van der Waals surface area (Å²) in [6.07, 6.45) is 7.43. The van der Waals surface area contributed by atoms with Crippen molar-refractivity contribution in [1.82, 2.24) is 10.6 Å². The van der Waals surface area contributed by atoms with Gasteiger partial charge in [-0.1, -0.05) is 6.08 Å². The Morgan fingerprint density at radius 3 is 3.20 bits per heavy atom. The second-order valence-electron chi connectivity index (χ2n) is 3.96. The topological polar surface area (TPSA) is 61.4 Å². The first-order valence-electron chi connectivity index (χ1n) is 5.37. The first kappa shape index (κ1) is 10.2. The molecule has 0 radical (unpaired) electrons. The average Bonchev–Trinajstić information content (AvgIpc) is 2.26. The van der Waals surface area contributed by atoms with Crippen LogP contribution in [0, 0.1) is 0 Å². The van der Waals surface area contributed by atoms with E-state index < -0.39 is 5.97 Å². The lowest BCUT2D eigenvalue weighted by molar-refractivity contribution is -0.136. The Kier molecular flexibility index (Phi) is 3.06. The lowest BCUT2D eigenvalue weighted by Crippen LogP contribution is -2.47. The highest BCUT2D eigenvalue weighted by Crippen LogP contribution is 2.19. The molecule has 4 heteroatoms. The van der Waals surface area contributed by atoms with Crippen molar-refractivity contribution in [3.8, 4) is 0 Å². The Balaban J connectivity index is 1.95. The standard InChI is InChI=1S/C11H16N2O2/c14-10(15)6-5-9-4-3-8-2-1-7-12-11(8)13-9/h3-4,11-13H,1-2,5-7H2,(H,14,15). The monoisotopic (exact) mass is 208 g/mol. The summed E-state index contributed by atoms with van der Waals surface area (Å²) < 4.78 is 0. The maximum absolute atomic E-state index is 10.4. The van der Waals surface area contributed by atoms with Crippen LogP contribution in [0.25, 0.3) is 0 Å². The molecule has 15 heavy (non-hydrogen) atoms. The number of nitrogens with one attached hydrogen (secondary N) is 2. The zero-order chi connectivity index (χ0) is 10.7. The van der Waals surface area contributed by atoms with E-state index in [0.29, 0.717) is 6.42 Å². The van der Waals surface area contributed by atoms with Gasteiger partial charge in [-0.25, -0.2) is 0 Å². The molecule has 1 atom stereocenters. The van der Waals surface area contributed by atoms with Crippen molar-refractivity contribution in [2.45, 2.75) is 31.8 Å². The first-order valence-corrected chi connectivity index (χ1v) is 5.37. The molecule has 3 N–H and O–H groups in total. The highest BCUT2D eigenvalue weighted by molar-refractivity contribution is 5.67. The maximum atomic E-state index is 10.4. The molecule has 2 aliphatic rings. The van der Waals surface area contributed by atoms with Crippen molar-refractivity contribution >= 4 is 5.97 Å². The van der Waals surface area contributed by atoms with Crippen LogP contribution in [-0.2, 0) is 4.79 Å². The number of carbonyl (C=O) groups is 1. The molecule has 0 aliphatic carbocycles. The second kappa shape index (κ2) is 4.49. The van der Waals surface area contributed by atoms with Crippen molar-refractivity contribution in [3.63, 3.8) is 0 Å². The van der Waals surface area contributed by atoms with E-state index in [1.165, 1.54) is 12.0 Å². The van der Waals surface area contributed by atoms with Crippen LogP contribution < -0.4 is 10.6 Å². The lowest BCUT2D eigenvalue weighted by atomic mass is 9.99. The Morgan fingerprint density at radius 2 is 2.40 bits per heavy atom. The van der Waals surface area contributed by atoms with Crippen LogP contribution in [0.5, 0.6) is 0 Å². The molecule has 0 aromatic heterocycles. The van der Waals surface area contributed by atoms with Crippen LogP contribution >= 0.6 is 0 Å². The average molecular weight is 208 g/mol. The van der Waals surface area contributed by atoms with Gasteiger partial charge in [0.25, 0.3) is 0 Å². The number of fused-ring (bicyclic) bond motifs is 1. The molecule has 1 fully saturated rings. The minimum Gasteiger partial charge on any atom is -0.481 e. The number of piperidine rings is 1. The second-order valence-corrected chi connectivity index (χ2v) is 3.96. The third kappa shape index (κ3) is 2.59. The van der Waals surface area contributed by atoms with Crippen LogP contribution in [0.15, 0.2) is 23.4 Å². The molecule has 0 spiro atoms. The summed E-state index contributed by atoms with van der Waals surface area (Å²) >= 11 is 0. The summed E-state index contributed by atoms with van der Waals surface area (Å²) in [5, 5.41) is 15.3. The summed E-state index contributed by atoms with van der Waals surface area (Å²) in [5.41, 5.74) is 2.39. The number of hydrogen-bond donors (Lipinski definition) is 3. The molecule has 4 nitrogen and oxygen atoms in total. The molecular formula is C11H16N2O2. The van der Waals surface area contributed by atoms with Crippen LogP contribution in [0.3, 0.4) is 0 Å². The predicted octanol–water partition coefficient (Wildman–Crippen LogP) is 0.974. The fourth-order valence-electron chi connectivity index (χ4n) is 1.98. The van der Waals surface area contributed by atoms with Crippen molar-refractivity contribution < 1.29 is 9.90 Å². The fraction of sp³-hybridized carbons (Fsp3) is 0.545. The Morgan fingerprint density at radius 1 is 1.53 bits per heavy atom. The number of dihydropyridines is 1. The lowest BCUT2D eigenvalue weighted by Gasteiger charge is -2.32. The highest BCUT2D eigenvalue weighted by atomic mass is 16.4. The molecular weight excluding hydrogens is 192 g/mol. The van der Waals surface area contributed by atoms with Crippen LogP contribution in [0.4, 0.5) is 0 Å². The summed E-state index contributed by atoms with van der Waals surface area (Å²) in [6.45, 7) is 1.03.